The van der Waals surface area contributed by atoms with Crippen LogP contribution in [0.1, 0.15) is 38.2 Å². The average molecular weight is 386 g/mol. The summed E-state index contributed by atoms with van der Waals surface area (Å²) in [5.41, 5.74) is 9.42. The number of carbonyl (C=O) groups excluding carboxylic acids is 1. The molecule has 0 atom stereocenters. The number of carboxylic acid groups (broad SMARTS) is 1. The Morgan fingerprint density at radius 1 is 1.22 bits per heavy atom. The third kappa shape index (κ3) is 3.73. The van der Waals surface area contributed by atoms with E-state index in [1.54, 1.807) is 20.2 Å². The minimum absolute atomic E-state index is 0.335. The number of nitrogens with one attached hydrogen (secondary N) is 3. The zero-order chi connectivity index (χ0) is 19.6. The molecule has 1 heterocycles. The number of aromatic carboxylic acids is 1. The number of carboxylic acids is 1. The van der Waals surface area contributed by atoms with Crippen molar-refractivity contribution in [3.63, 3.8) is 0 Å². The molecular weight excluding hydrogens is 364 g/mol. The van der Waals surface area contributed by atoms with Gasteiger partial charge in [0.2, 0.25) is 0 Å². The van der Waals surface area contributed by atoms with Gasteiger partial charge < -0.3 is 10.4 Å². The first-order chi connectivity index (χ1) is 13.0. The standard InChI is InChI=1S/C19H22N4O3S/c1-4-13-10-16(18(24)25)17(27-13)14-8-6-11-5-7-12(9-15(11)14)22-19(26)23(20-2)21-3/h5,7-10,20-21H,4,6H2,1-3H3,(H,22,26)(H,24,25). The molecule has 1 aromatic carbocycles. The largest absolute Gasteiger partial charge is 0.478 e. The minimum Gasteiger partial charge on any atom is -0.478 e. The van der Waals surface area contributed by atoms with Crippen LogP contribution in [0.3, 0.4) is 0 Å². The maximum atomic E-state index is 12.2. The molecule has 0 bridgehead atoms. The van der Waals surface area contributed by atoms with Crippen LogP contribution in [-0.2, 0) is 12.8 Å². The predicted octanol–water partition coefficient (Wildman–Crippen LogP) is 3.10. The van der Waals surface area contributed by atoms with Crippen LogP contribution in [0.5, 0.6) is 0 Å². The lowest BCUT2D eigenvalue weighted by atomic mass is 10.0. The lowest BCUT2D eigenvalue weighted by molar-refractivity contribution is 0.0697. The Kier molecular flexibility index (Phi) is 5.59. The molecule has 7 nitrogen and oxygen atoms in total. The molecule has 0 spiro atoms. The van der Waals surface area contributed by atoms with E-state index in [0.717, 1.165) is 39.3 Å². The minimum atomic E-state index is -0.918. The number of benzene rings is 1. The highest BCUT2D eigenvalue weighted by Crippen LogP contribution is 2.40. The molecule has 0 saturated heterocycles. The van der Waals surface area contributed by atoms with Gasteiger partial charge in [-0.25, -0.2) is 20.4 Å². The summed E-state index contributed by atoms with van der Waals surface area (Å²) >= 11 is 1.52. The van der Waals surface area contributed by atoms with Crippen molar-refractivity contribution in [3.05, 3.63) is 56.8 Å². The molecule has 1 aromatic heterocycles. The van der Waals surface area contributed by atoms with Crippen molar-refractivity contribution < 1.29 is 14.7 Å². The highest BCUT2D eigenvalue weighted by atomic mass is 32.1. The number of hydrazine groups is 2. The van der Waals surface area contributed by atoms with Crippen LogP contribution in [0, 0.1) is 0 Å². The second kappa shape index (κ2) is 7.91. The van der Waals surface area contributed by atoms with Gasteiger partial charge in [-0.05, 0) is 47.7 Å². The van der Waals surface area contributed by atoms with Gasteiger partial charge in [-0.3, -0.25) is 0 Å². The molecule has 0 radical (unpaired) electrons. The monoisotopic (exact) mass is 386 g/mol. The molecule has 3 rings (SSSR count). The molecule has 2 aromatic rings. The van der Waals surface area contributed by atoms with Crippen molar-refractivity contribution in [2.45, 2.75) is 19.8 Å². The Bertz CT molecular complexity index is 916. The van der Waals surface area contributed by atoms with Crippen molar-refractivity contribution >= 4 is 34.6 Å². The van der Waals surface area contributed by atoms with Crippen LogP contribution < -0.4 is 16.2 Å². The highest BCUT2D eigenvalue weighted by molar-refractivity contribution is 7.13. The van der Waals surface area contributed by atoms with E-state index < -0.39 is 5.97 Å². The number of hydrogen-bond donors (Lipinski definition) is 4. The van der Waals surface area contributed by atoms with E-state index in [0.29, 0.717) is 11.3 Å². The lowest BCUT2D eigenvalue weighted by Crippen LogP contribution is -2.50. The van der Waals surface area contributed by atoms with E-state index in [-0.39, 0.29) is 6.03 Å². The van der Waals surface area contributed by atoms with Crippen LogP contribution in [-0.4, -0.2) is 36.3 Å². The Hall–Kier alpha value is -2.68. The third-order valence-electron chi connectivity index (χ3n) is 4.43. The topological polar surface area (TPSA) is 93.7 Å². The van der Waals surface area contributed by atoms with Gasteiger partial charge in [0, 0.05) is 29.5 Å². The summed E-state index contributed by atoms with van der Waals surface area (Å²) in [6.07, 6.45) is 3.60. The van der Waals surface area contributed by atoms with Crippen molar-refractivity contribution in [2.75, 3.05) is 19.4 Å². The number of rotatable bonds is 6. The summed E-state index contributed by atoms with van der Waals surface area (Å²) < 4.78 is 0. The fraction of sp³-hybridized carbons (Fsp3) is 0.263. The summed E-state index contributed by atoms with van der Waals surface area (Å²) in [4.78, 5) is 25.7. The predicted molar refractivity (Wildman–Crippen MR) is 107 cm³/mol. The van der Waals surface area contributed by atoms with Gasteiger partial charge in [-0.1, -0.05) is 19.1 Å². The van der Waals surface area contributed by atoms with Crippen molar-refractivity contribution in [2.24, 2.45) is 0 Å². The number of carbonyl (C=O) groups is 2. The molecule has 0 aliphatic heterocycles. The average Bonchev–Trinajstić information content (AvgIpc) is 3.26. The summed E-state index contributed by atoms with van der Waals surface area (Å²) in [7, 11) is 3.27. The number of allylic oxidation sites excluding steroid dienone is 1. The van der Waals surface area contributed by atoms with Crippen LogP contribution in [0.4, 0.5) is 10.5 Å². The van der Waals surface area contributed by atoms with Crippen LogP contribution >= 0.6 is 11.3 Å². The number of urea groups is 1. The molecule has 8 heteroatoms. The zero-order valence-corrected chi connectivity index (χ0v) is 16.2. The summed E-state index contributed by atoms with van der Waals surface area (Å²) in [6, 6.07) is 7.11. The highest BCUT2D eigenvalue weighted by Gasteiger charge is 2.24. The maximum Gasteiger partial charge on any atom is 0.351 e. The van der Waals surface area contributed by atoms with Gasteiger partial charge in [-0.2, -0.15) is 5.12 Å². The van der Waals surface area contributed by atoms with E-state index in [1.807, 2.05) is 25.1 Å². The number of hydrogen-bond acceptors (Lipinski definition) is 5. The van der Waals surface area contributed by atoms with Crippen LogP contribution in [0.15, 0.2) is 30.3 Å². The van der Waals surface area contributed by atoms with Gasteiger partial charge in [0.1, 0.15) is 0 Å². The van der Waals surface area contributed by atoms with E-state index in [4.69, 9.17) is 0 Å². The number of fused-ring (bicyclic) bond motifs is 1. The number of aryl methyl sites for hydroxylation is 1. The van der Waals surface area contributed by atoms with E-state index in [2.05, 4.69) is 22.2 Å². The number of thiophene rings is 1. The summed E-state index contributed by atoms with van der Waals surface area (Å²) in [5.74, 6) is -0.918. The fourth-order valence-electron chi connectivity index (χ4n) is 3.09. The summed E-state index contributed by atoms with van der Waals surface area (Å²) in [5, 5.41) is 13.6. The molecule has 0 unspecified atom stereocenters. The molecule has 1 aliphatic carbocycles. The Morgan fingerprint density at radius 3 is 2.59 bits per heavy atom. The van der Waals surface area contributed by atoms with Crippen molar-refractivity contribution in [1.29, 1.82) is 0 Å². The van der Waals surface area contributed by atoms with Crippen molar-refractivity contribution in [3.8, 4) is 0 Å². The fourth-order valence-corrected chi connectivity index (χ4v) is 4.23. The second-order valence-electron chi connectivity index (χ2n) is 6.02. The van der Waals surface area contributed by atoms with Crippen molar-refractivity contribution in [1.82, 2.24) is 16.0 Å². The maximum absolute atomic E-state index is 12.2. The molecule has 2 amide bonds. The number of amides is 2. The van der Waals surface area contributed by atoms with Gasteiger partial charge >= 0.3 is 12.0 Å². The first-order valence-corrected chi connectivity index (χ1v) is 9.45. The van der Waals surface area contributed by atoms with Gasteiger partial charge in [-0.15, -0.1) is 11.3 Å². The molecular formula is C19H22N4O3S. The molecule has 4 N–H and O–H groups in total. The number of nitrogens with zero attached hydrogens (tertiary/aromatic N) is 1. The third-order valence-corrected chi connectivity index (χ3v) is 5.75. The molecule has 0 saturated carbocycles. The van der Waals surface area contributed by atoms with E-state index >= 15 is 0 Å². The SMILES string of the molecule is CCc1cc(C(=O)O)c(C2=CCc3ccc(NC(=O)N(NC)NC)cc32)s1. The normalized spacial score (nSPS) is 12.5. The first-order valence-electron chi connectivity index (χ1n) is 8.64. The van der Waals surface area contributed by atoms with E-state index in [9.17, 15) is 14.7 Å². The molecule has 0 fully saturated rings. The quantitative estimate of drug-likeness (QED) is 0.573. The molecule has 142 valence electrons. The second-order valence-corrected chi connectivity index (χ2v) is 7.16. The zero-order valence-electron chi connectivity index (χ0n) is 15.4. The summed E-state index contributed by atoms with van der Waals surface area (Å²) in [6.45, 7) is 2.02. The Morgan fingerprint density at radius 2 is 1.96 bits per heavy atom. The Labute approximate surface area is 161 Å². The van der Waals surface area contributed by atoms with Gasteiger partial charge in [0.15, 0.2) is 0 Å². The van der Waals surface area contributed by atoms with Gasteiger partial charge in [0.25, 0.3) is 0 Å². The first kappa shape index (κ1) is 19.1. The lowest BCUT2D eigenvalue weighted by Gasteiger charge is -2.20. The van der Waals surface area contributed by atoms with E-state index in [1.165, 1.54) is 16.5 Å². The van der Waals surface area contributed by atoms with Gasteiger partial charge in [0.05, 0.1) is 5.56 Å². The number of anilines is 1. The van der Waals surface area contributed by atoms with Crippen LogP contribution in [0.25, 0.3) is 5.57 Å². The van der Waals surface area contributed by atoms with Crippen LogP contribution in [0.2, 0.25) is 0 Å². The molecule has 1 aliphatic rings. The smallest absolute Gasteiger partial charge is 0.351 e. The molecule has 27 heavy (non-hydrogen) atoms. The Balaban J connectivity index is 1.94.